The van der Waals surface area contributed by atoms with E-state index in [0.29, 0.717) is 4.31 Å². The first kappa shape index (κ1) is 15.6. The van der Waals surface area contributed by atoms with Crippen LogP contribution in [-0.4, -0.2) is 44.8 Å². The summed E-state index contributed by atoms with van der Waals surface area (Å²) in [6, 6.07) is 3.49. The van der Waals surface area contributed by atoms with Crippen LogP contribution in [0.4, 0.5) is 8.78 Å². The summed E-state index contributed by atoms with van der Waals surface area (Å²) >= 11 is 0. The molecule has 9 heteroatoms. The molecule has 0 bridgehead atoms. The van der Waals surface area contributed by atoms with Crippen LogP contribution in [0.3, 0.4) is 0 Å². The molecule has 0 spiro atoms. The molecule has 1 amide bonds. The van der Waals surface area contributed by atoms with Gasteiger partial charge in [-0.1, -0.05) is 0 Å². The van der Waals surface area contributed by atoms with Crippen molar-refractivity contribution in [3.8, 4) is 5.75 Å². The molecule has 0 radical (unpaired) electrons. The maximum absolute atomic E-state index is 13.2. The van der Waals surface area contributed by atoms with Crippen LogP contribution < -0.4 is 10.5 Å². The fraction of sp³-hybridized carbons (Fsp3) is 0.417. The van der Waals surface area contributed by atoms with Crippen molar-refractivity contribution in [2.75, 3.05) is 20.2 Å². The molecule has 6 nitrogen and oxygen atoms in total. The number of hydrogen-bond acceptors (Lipinski definition) is 4. The van der Waals surface area contributed by atoms with Crippen LogP contribution in [0, 0.1) is 0 Å². The second kappa shape index (κ2) is 5.23. The molecule has 116 valence electrons. The van der Waals surface area contributed by atoms with E-state index in [1.54, 1.807) is 0 Å². The molecule has 0 unspecified atom stereocenters. The lowest BCUT2D eigenvalue weighted by atomic mass is 10.2. The molecule has 0 saturated carbocycles. The normalized spacial score (nSPS) is 18.6. The van der Waals surface area contributed by atoms with Gasteiger partial charge in [0.1, 0.15) is 5.75 Å². The predicted octanol–water partition coefficient (Wildman–Crippen LogP) is 0.824. The van der Waals surface area contributed by atoms with Gasteiger partial charge < -0.3 is 10.5 Å². The Kier molecular flexibility index (Phi) is 3.89. The zero-order valence-electron chi connectivity index (χ0n) is 11.2. The average molecular weight is 320 g/mol. The Bertz CT molecular complexity index is 676. The third-order valence-corrected chi connectivity index (χ3v) is 5.05. The second-order valence-corrected chi connectivity index (χ2v) is 6.61. The van der Waals surface area contributed by atoms with E-state index in [4.69, 9.17) is 10.5 Å². The third kappa shape index (κ3) is 2.98. The summed E-state index contributed by atoms with van der Waals surface area (Å²) in [4.78, 5) is 11.0. The standard InChI is InChI=1S/C12H14F2N2O4S/c1-20-10-3-2-8(6-9(10)11(15)17)21(18,19)16-5-4-12(13,14)7-16/h2-3,6H,4-5,7H2,1H3,(H2,15,17). The van der Waals surface area contributed by atoms with E-state index in [1.807, 2.05) is 0 Å². The summed E-state index contributed by atoms with van der Waals surface area (Å²) in [6.07, 6.45) is -0.523. The molecular formula is C12H14F2N2O4S. The topological polar surface area (TPSA) is 89.7 Å². The Balaban J connectivity index is 2.42. The smallest absolute Gasteiger partial charge is 0.262 e. The summed E-state index contributed by atoms with van der Waals surface area (Å²) in [5.74, 6) is -3.78. The van der Waals surface area contributed by atoms with Crippen molar-refractivity contribution in [3.63, 3.8) is 0 Å². The number of nitrogens with zero attached hydrogens (tertiary/aromatic N) is 1. The van der Waals surface area contributed by atoms with Gasteiger partial charge in [-0.25, -0.2) is 17.2 Å². The molecule has 1 aromatic carbocycles. The van der Waals surface area contributed by atoms with Crippen molar-refractivity contribution >= 4 is 15.9 Å². The average Bonchev–Trinajstić information content (AvgIpc) is 2.78. The van der Waals surface area contributed by atoms with Gasteiger partial charge in [-0.2, -0.15) is 4.31 Å². The summed E-state index contributed by atoms with van der Waals surface area (Å²) in [7, 11) is -2.80. The van der Waals surface area contributed by atoms with Crippen LogP contribution in [0.5, 0.6) is 5.75 Å². The predicted molar refractivity (Wildman–Crippen MR) is 69.8 cm³/mol. The van der Waals surface area contributed by atoms with Crippen LogP contribution in [0.1, 0.15) is 16.8 Å². The molecule has 1 heterocycles. The number of benzene rings is 1. The molecule has 21 heavy (non-hydrogen) atoms. The molecule has 1 aliphatic rings. The molecule has 1 saturated heterocycles. The minimum Gasteiger partial charge on any atom is -0.496 e. The maximum Gasteiger partial charge on any atom is 0.262 e. The molecule has 0 aliphatic carbocycles. The first-order valence-corrected chi connectivity index (χ1v) is 7.47. The van der Waals surface area contributed by atoms with Crippen LogP contribution in [-0.2, 0) is 10.0 Å². The fourth-order valence-electron chi connectivity index (χ4n) is 2.10. The number of nitrogens with two attached hydrogens (primary N) is 1. The van der Waals surface area contributed by atoms with Crippen molar-refractivity contribution in [1.82, 2.24) is 4.31 Å². The van der Waals surface area contributed by atoms with Crippen molar-refractivity contribution in [2.45, 2.75) is 17.2 Å². The van der Waals surface area contributed by atoms with E-state index in [9.17, 15) is 22.0 Å². The number of carbonyl (C=O) groups is 1. The number of halogens is 2. The minimum absolute atomic E-state index is 0.119. The lowest BCUT2D eigenvalue weighted by Crippen LogP contribution is -2.31. The minimum atomic E-state index is -4.10. The van der Waals surface area contributed by atoms with Crippen LogP contribution in [0.25, 0.3) is 0 Å². The molecule has 0 aromatic heterocycles. The van der Waals surface area contributed by atoms with Crippen molar-refractivity contribution in [3.05, 3.63) is 23.8 Å². The summed E-state index contributed by atoms with van der Waals surface area (Å²) < 4.78 is 56.5. The Labute approximate surface area is 120 Å². The van der Waals surface area contributed by atoms with Crippen molar-refractivity contribution in [2.24, 2.45) is 5.73 Å². The highest BCUT2D eigenvalue weighted by molar-refractivity contribution is 7.89. The number of amides is 1. The molecule has 2 rings (SSSR count). The lowest BCUT2D eigenvalue weighted by Gasteiger charge is -2.17. The number of sulfonamides is 1. The van der Waals surface area contributed by atoms with Gasteiger partial charge in [-0.3, -0.25) is 4.79 Å². The Hall–Kier alpha value is -1.74. The number of carbonyl (C=O) groups excluding carboxylic acids is 1. The van der Waals surface area contributed by atoms with Gasteiger partial charge in [-0.05, 0) is 18.2 Å². The zero-order chi connectivity index (χ0) is 15.8. The number of alkyl halides is 2. The van der Waals surface area contributed by atoms with Gasteiger partial charge in [0.25, 0.3) is 11.8 Å². The van der Waals surface area contributed by atoms with Gasteiger partial charge in [-0.15, -0.1) is 0 Å². The van der Waals surface area contributed by atoms with Gasteiger partial charge in [0.2, 0.25) is 10.0 Å². The lowest BCUT2D eigenvalue weighted by molar-refractivity contribution is 0.0183. The second-order valence-electron chi connectivity index (χ2n) is 4.67. The first-order chi connectivity index (χ1) is 9.67. The van der Waals surface area contributed by atoms with Crippen molar-refractivity contribution in [1.29, 1.82) is 0 Å². The SMILES string of the molecule is COc1ccc(S(=O)(=O)N2CCC(F)(F)C2)cc1C(N)=O. The molecule has 1 aliphatic heterocycles. The number of methoxy groups -OCH3 is 1. The number of ether oxygens (including phenoxy) is 1. The highest BCUT2D eigenvalue weighted by Crippen LogP contribution is 2.32. The van der Waals surface area contributed by atoms with E-state index in [0.717, 1.165) is 6.07 Å². The number of rotatable bonds is 4. The van der Waals surface area contributed by atoms with E-state index in [2.05, 4.69) is 0 Å². The number of hydrogen-bond donors (Lipinski definition) is 1. The summed E-state index contributed by atoms with van der Waals surface area (Å²) in [5, 5.41) is 0. The maximum atomic E-state index is 13.2. The molecule has 0 atom stereocenters. The Morgan fingerprint density at radius 2 is 2.10 bits per heavy atom. The van der Waals surface area contributed by atoms with E-state index in [-0.39, 0.29) is 22.8 Å². The van der Waals surface area contributed by atoms with Gasteiger partial charge >= 0.3 is 0 Å². The van der Waals surface area contributed by atoms with Gasteiger partial charge in [0, 0.05) is 13.0 Å². The zero-order valence-corrected chi connectivity index (χ0v) is 12.0. The molecule has 1 aromatic rings. The van der Waals surface area contributed by atoms with Gasteiger partial charge in [0.05, 0.1) is 24.1 Å². The van der Waals surface area contributed by atoms with Crippen LogP contribution in [0.2, 0.25) is 0 Å². The largest absolute Gasteiger partial charge is 0.496 e. The molecule has 1 fully saturated rings. The highest BCUT2D eigenvalue weighted by atomic mass is 32.2. The van der Waals surface area contributed by atoms with Crippen molar-refractivity contribution < 1.29 is 26.7 Å². The number of primary amides is 1. The monoisotopic (exact) mass is 320 g/mol. The molecular weight excluding hydrogens is 306 g/mol. The third-order valence-electron chi connectivity index (χ3n) is 3.21. The van der Waals surface area contributed by atoms with Gasteiger partial charge in [0.15, 0.2) is 0 Å². The summed E-state index contributed by atoms with van der Waals surface area (Å²) in [6.45, 7) is -1.14. The van der Waals surface area contributed by atoms with Crippen LogP contribution >= 0.6 is 0 Å². The highest BCUT2D eigenvalue weighted by Gasteiger charge is 2.43. The first-order valence-electron chi connectivity index (χ1n) is 6.03. The quantitative estimate of drug-likeness (QED) is 0.889. The van der Waals surface area contributed by atoms with E-state index in [1.165, 1.54) is 19.2 Å². The van der Waals surface area contributed by atoms with Crippen LogP contribution in [0.15, 0.2) is 23.1 Å². The Morgan fingerprint density at radius 3 is 2.57 bits per heavy atom. The van der Waals surface area contributed by atoms with E-state index >= 15 is 0 Å². The molecule has 2 N–H and O–H groups in total. The Morgan fingerprint density at radius 1 is 1.43 bits per heavy atom. The van der Waals surface area contributed by atoms with E-state index < -0.39 is 34.8 Å². The fourth-order valence-corrected chi connectivity index (χ4v) is 3.59. The summed E-state index contributed by atoms with van der Waals surface area (Å²) in [5.41, 5.74) is 5.03.